The van der Waals surface area contributed by atoms with Crippen LogP contribution < -0.4 is 0 Å². The van der Waals surface area contributed by atoms with Gasteiger partial charge in [-0.2, -0.15) is 0 Å². The van der Waals surface area contributed by atoms with E-state index in [1.807, 2.05) is 0 Å². The predicted molar refractivity (Wildman–Crippen MR) is 134 cm³/mol. The Morgan fingerprint density at radius 2 is 1.41 bits per heavy atom. The zero-order chi connectivity index (χ0) is 21.0. The summed E-state index contributed by atoms with van der Waals surface area (Å²) in [5, 5.41) is 0. The number of hydrogen-bond donors (Lipinski definition) is 0. The van der Waals surface area contributed by atoms with Gasteiger partial charge in [-0.05, 0) is 104 Å². The number of halogens is 2. The average molecular weight is 530 g/mol. The Kier molecular flexibility index (Phi) is 6.95. The van der Waals surface area contributed by atoms with E-state index in [0.717, 1.165) is 41.4 Å². The van der Waals surface area contributed by atoms with E-state index in [1.165, 1.54) is 70.6 Å². The Morgan fingerprint density at radius 1 is 0.759 bits per heavy atom. The first-order chi connectivity index (χ1) is 13.7. The van der Waals surface area contributed by atoms with Gasteiger partial charge in [0, 0.05) is 9.65 Å². The molecule has 0 aromatic heterocycles. The molecule has 0 heterocycles. The third-order valence-corrected chi connectivity index (χ3v) is 13.8. The maximum Gasteiger partial charge on any atom is 0.0304 e. The first-order valence-corrected chi connectivity index (χ1v) is 14.8. The molecule has 0 spiro atoms. The largest absolute Gasteiger partial charge is 0.0878 e. The first kappa shape index (κ1) is 23.1. The molecule has 0 nitrogen and oxygen atoms in total. The molecule has 0 aromatic carbocycles. The molecule has 4 aliphatic carbocycles. The lowest BCUT2D eigenvalue weighted by Gasteiger charge is -2.62. The standard InChI is InChI=1S/C27H46Br2/c1-17(2)7-6-8-18(3)20-11-12-21-19-9-10-23-25(29)24(28)14-16-27(23,5)22(19)13-15-26(20,21)4/h17-25H,6-16H2,1-5H3/t18-,19+,20-,21+,22+,23+,24-,25-,26-,27-/m1/s1. The quantitative estimate of drug-likeness (QED) is 0.311. The summed E-state index contributed by atoms with van der Waals surface area (Å²) < 4.78 is 0. The van der Waals surface area contributed by atoms with Crippen LogP contribution in [0.2, 0.25) is 0 Å². The second kappa shape index (κ2) is 8.72. The van der Waals surface area contributed by atoms with Crippen molar-refractivity contribution in [2.75, 3.05) is 0 Å². The molecule has 4 fully saturated rings. The summed E-state index contributed by atoms with van der Waals surface area (Å²) in [4.78, 5) is 1.38. The van der Waals surface area contributed by atoms with Gasteiger partial charge in [0.05, 0.1) is 0 Å². The second-order valence-electron chi connectivity index (χ2n) is 12.6. The van der Waals surface area contributed by atoms with Crippen molar-refractivity contribution in [3.63, 3.8) is 0 Å². The minimum atomic E-state index is 0.587. The summed E-state index contributed by atoms with van der Waals surface area (Å²) in [5.74, 6) is 6.72. The fraction of sp³-hybridized carbons (Fsp3) is 1.00. The lowest BCUT2D eigenvalue weighted by molar-refractivity contribution is -0.111. The summed E-state index contributed by atoms with van der Waals surface area (Å²) in [6, 6.07) is 0. The van der Waals surface area contributed by atoms with Crippen LogP contribution >= 0.6 is 31.9 Å². The molecule has 0 aromatic rings. The number of fused-ring (bicyclic) bond motifs is 5. The van der Waals surface area contributed by atoms with E-state index < -0.39 is 0 Å². The number of rotatable bonds is 5. The molecule has 4 aliphatic rings. The van der Waals surface area contributed by atoms with Crippen LogP contribution in [0.15, 0.2) is 0 Å². The van der Waals surface area contributed by atoms with Crippen LogP contribution in [-0.4, -0.2) is 9.65 Å². The van der Waals surface area contributed by atoms with Gasteiger partial charge in [-0.25, -0.2) is 0 Å². The molecule has 0 bridgehead atoms. The SMILES string of the molecule is CC(C)CCC[C@@H](C)[C@H]1CC[C@H]2[C@@H]3CC[C@H]4[C@@H](Br)[C@H](Br)CC[C@]4(C)[C@H]3CC[C@]12C. The molecule has 0 unspecified atom stereocenters. The van der Waals surface area contributed by atoms with Crippen molar-refractivity contribution in [2.24, 2.45) is 52.3 Å². The highest BCUT2D eigenvalue weighted by Crippen LogP contribution is 2.69. The van der Waals surface area contributed by atoms with E-state index in [4.69, 9.17) is 0 Å². The van der Waals surface area contributed by atoms with Crippen LogP contribution in [-0.2, 0) is 0 Å². The summed E-state index contributed by atoms with van der Waals surface area (Å²) in [6.07, 6.45) is 16.2. The average Bonchev–Trinajstić information content (AvgIpc) is 3.02. The maximum absolute atomic E-state index is 4.13. The highest BCUT2D eigenvalue weighted by molar-refractivity contribution is 9.12. The van der Waals surface area contributed by atoms with Crippen molar-refractivity contribution in [1.82, 2.24) is 0 Å². The first-order valence-electron chi connectivity index (χ1n) is 13.0. The lowest BCUT2D eigenvalue weighted by atomic mass is 9.44. The Morgan fingerprint density at radius 3 is 2.14 bits per heavy atom. The Balaban J connectivity index is 1.48. The van der Waals surface area contributed by atoms with E-state index in [2.05, 4.69) is 66.5 Å². The molecule has 10 atom stereocenters. The van der Waals surface area contributed by atoms with Crippen molar-refractivity contribution in [3.8, 4) is 0 Å². The molecule has 2 heteroatoms. The van der Waals surface area contributed by atoms with Crippen LogP contribution in [0.25, 0.3) is 0 Å². The van der Waals surface area contributed by atoms with Crippen molar-refractivity contribution in [3.05, 3.63) is 0 Å². The molecule has 4 rings (SSSR count). The molecule has 168 valence electrons. The Bertz CT molecular complexity index is 573. The summed E-state index contributed by atoms with van der Waals surface area (Å²) in [6.45, 7) is 12.8. The van der Waals surface area contributed by atoms with E-state index in [0.29, 0.717) is 20.5 Å². The summed E-state index contributed by atoms with van der Waals surface area (Å²) in [7, 11) is 0. The molecular weight excluding hydrogens is 484 g/mol. The van der Waals surface area contributed by atoms with Gasteiger partial charge in [-0.15, -0.1) is 0 Å². The highest BCUT2D eigenvalue weighted by Gasteiger charge is 2.61. The molecule has 0 radical (unpaired) electrons. The van der Waals surface area contributed by atoms with Gasteiger partial charge < -0.3 is 0 Å². The van der Waals surface area contributed by atoms with Crippen molar-refractivity contribution in [2.45, 2.75) is 115 Å². The molecular formula is C27H46Br2. The summed E-state index contributed by atoms with van der Waals surface area (Å²) in [5.41, 5.74) is 1.23. The van der Waals surface area contributed by atoms with E-state index in [1.54, 1.807) is 0 Å². The normalized spacial score (nSPS) is 50.7. The molecule has 29 heavy (non-hydrogen) atoms. The zero-order valence-corrected chi connectivity index (χ0v) is 22.9. The van der Waals surface area contributed by atoms with Gasteiger partial charge in [0.15, 0.2) is 0 Å². The van der Waals surface area contributed by atoms with Gasteiger partial charge in [0.2, 0.25) is 0 Å². The summed E-state index contributed by atoms with van der Waals surface area (Å²) >= 11 is 8.12. The zero-order valence-electron chi connectivity index (χ0n) is 19.7. The van der Waals surface area contributed by atoms with Crippen LogP contribution in [0, 0.1) is 52.3 Å². The smallest absolute Gasteiger partial charge is 0.0304 e. The van der Waals surface area contributed by atoms with Crippen molar-refractivity contribution < 1.29 is 0 Å². The van der Waals surface area contributed by atoms with Crippen LogP contribution in [0.5, 0.6) is 0 Å². The molecule has 0 N–H and O–H groups in total. The second-order valence-corrected chi connectivity index (χ2v) is 14.8. The topological polar surface area (TPSA) is 0 Å². The third kappa shape index (κ3) is 3.95. The van der Waals surface area contributed by atoms with Crippen LogP contribution in [0.4, 0.5) is 0 Å². The molecule has 0 aliphatic heterocycles. The van der Waals surface area contributed by atoms with Crippen LogP contribution in [0.1, 0.15) is 105 Å². The Hall–Kier alpha value is 0.960. The monoisotopic (exact) mass is 528 g/mol. The maximum atomic E-state index is 4.13. The van der Waals surface area contributed by atoms with Gasteiger partial charge in [-0.3, -0.25) is 0 Å². The lowest BCUT2D eigenvalue weighted by Crippen LogP contribution is -2.56. The minimum absolute atomic E-state index is 0.587. The predicted octanol–water partition coefficient (Wildman–Crippen LogP) is 9.24. The fourth-order valence-electron chi connectivity index (χ4n) is 9.26. The third-order valence-electron chi connectivity index (χ3n) is 10.8. The molecule has 0 amide bonds. The van der Waals surface area contributed by atoms with Gasteiger partial charge in [0.1, 0.15) is 0 Å². The molecule has 4 saturated carbocycles. The van der Waals surface area contributed by atoms with Crippen LogP contribution in [0.3, 0.4) is 0 Å². The number of hydrogen-bond acceptors (Lipinski definition) is 0. The van der Waals surface area contributed by atoms with Crippen molar-refractivity contribution in [1.29, 1.82) is 0 Å². The number of alkyl halides is 2. The van der Waals surface area contributed by atoms with Gasteiger partial charge in [0.25, 0.3) is 0 Å². The Labute approximate surface area is 198 Å². The highest BCUT2D eigenvalue weighted by atomic mass is 79.9. The van der Waals surface area contributed by atoms with Crippen molar-refractivity contribution >= 4 is 31.9 Å². The fourth-order valence-corrected chi connectivity index (χ4v) is 11.0. The van der Waals surface area contributed by atoms with Gasteiger partial charge >= 0.3 is 0 Å². The van der Waals surface area contributed by atoms with E-state index in [9.17, 15) is 0 Å². The molecule has 0 saturated heterocycles. The van der Waals surface area contributed by atoms with Gasteiger partial charge in [-0.1, -0.05) is 85.7 Å². The van der Waals surface area contributed by atoms with E-state index >= 15 is 0 Å². The van der Waals surface area contributed by atoms with E-state index in [-0.39, 0.29) is 0 Å². The minimum Gasteiger partial charge on any atom is -0.0878 e.